The third-order valence-corrected chi connectivity index (χ3v) is 3.78. The lowest BCUT2D eigenvalue weighted by Gasteiger charge is -2.12. The summed E-state index contributed by atoms with van der Waals surface area (Å²) in [4.78, 5) is 0. The summed E-state index contributed by atoms with van der Waals surface area (Å²) in [6.45, 7) is 3.18. The van der Waals surface area contributed by atoms with Crippen LogP contribution in [0.25, 0.3) is 0 Å². The number of benzene rings is 1. The summed E-state index contributed by atoms with van der Waals surface area (Å²) in [5.74, 6) is 1.54. The van der Waals surface area contributed by atoms with Gasteiger partial charge in [-0.05, 0) is 30.2 Å². The van der Waals surface area contributed by atoms with Gasteiger partial charge in [0, 0.05) is 12.4 Å². The Morgan fingerprint density at radius 1 is 1.33 bits per heavy atom. The average Bonchev–Trinajstić information content (AvgIpc) is 2.37. The summed E-state index contributed by atoms with van der Waals surface area (Å²) >= 11 is 1.65. The van der Waals surface area contributed by atoms with E-state index in [1.54, 1.807) is 11.8 Å². The van der Waals surface area contributed by atoms with Gasteiger partial charge in [-0.25, -0.2) is 0 Å². The molecule has 18 heavy (non-hydrogen) atoms. The smallest absolute Gasteiger partial charge is 0.0863 e. The normalized spacial score (nSPS) is 12.6. The molecule has 0 saturated carbocycles. The van der Waals surface area contributed by atoms with Crippen molar-refractivity contribution in [3.63, 3.8) is 0 Å². The van der Waals surface area contributed by atoms with E-state index in [9.17, 15) is 5.11 Å². The van der Waals surface area contributed by atoms with E-state index < -0.39 is 6.10 Å². The number of aliphatic hydroxyl groups is 2. The van der Waals surface area contributed by atoms with Gasteiger partial charge >= 0.3 is 0 Å². The van der Waals surface area contributed by atoms with Crippen LogP contribution in [-0.2, 0) is 11.3 Å². The minimum absolute atomic E-state index is 0.215. The van der Waals surface area contributed by atoms with E-state index in [4.69, 9.17) is 9.84 Å². The standard InChI is InChI=1S/C14H22O3S/c1-12-5-2-3-6-13(12)9-17-10-14(16)11-18-8-4-7-15/h2-3,5-6,14-16H,4,7-11H2,1H3. The summed E-state index contributed by atoms with van der Waals surface area (Å²) in [6.07, 6.45) is 0.347. The van der Waals surface area contributed by atoms with Crippen molar-refractivity contribution in [1.82, 2.24) is 0 Å². The molecule has 1 atom stereocenters. The predicted molar refractivity (Wildman–Crippen MR) is 75.9 cm³/mol. The summed E-state index contributed by atoms with van der Waals surface area (Å²) in [5, 5.41) is 18.3. The first-order chi connectivity index (χ1) is 8.74. The molecule has 0 amide bonds. The van der Waals surface area contributed by atoms with Crippen molar-refractivity contribution < 1.29 is 14.9 Å². The fourth-order valence-electron chi connectivity index (χ4n) is 1.51. The Kier molecular flexibility index (Phi) is 8.09. The molecular weight excluding hydrogens is 248 g/mol. The maximum Gasteiger partial charge on any atom is 0.0863 e. The van der Waals surface area contributed by atoms with Gasteiger partial charge in [-0.2, -0.15) is 11.8 Å². The second kappa shape index (κ2) is 9.39. The number of hydrogen-bond donors (Lipinski definition) is 2. The van der Waals surface area contributed by atoms with E-state index in [-0.39, 0.29) is 6.61 Å². The van der Waals surface area contributed by atoms with Crippen LogP contribution in [-0.4, -0.2) is 41.0 Å². The lowest BCUT2D eigenvalue weighted by molar-refractivity contribution is 0.0396. The van der Waals surface area contributed by atoms with Gasteiger partial charge < -0.3 is 14.9 Å². The predicted octanol–water partition coefficient (Wildman–Crippen LogP) is 1.99. The number of hydrogen-bond acceptors (Lipinski definition) is 4. The maximum atomic E-state index is 9.69. The first kappa shape index (κ1) is 15.5. The van der Waals surface area contributed by atoms with Gasteiger partial charge in [0.2, 0.25) is 0 Å². The highest BCUT2D eigenvalue weighted by molar-refractivity contribution is 7.99. The van der Waals surface area contributed by atoms with E-state index in [2.05, 4.69) is 13.0 Å². The van der Waals surface area contributed by atoms with Gasteiger partial charge in [0.1, 0.15) is 0 Å². The number of aryl methyl sites for hydroxylation is 1. The van der Waals surface area contributed by atoms with E-state index in [1.165, 1.54) is 5.56 Å². The molecule has 1 rings (SSSR count). The molecule has 0 aliphatic heterocycles. The molecule has 4 heteroatoms. The van der Waals surface area contributed by atoms with Gasteiger partial charge in [-0.1, -0.05) is 24.3 Å². The van der Waals surface area contributed by atoms with Crippen LogP contribution >= 0.6 is 11.8 Å². The molecule has 102 valence electrons. The Balaban J connectivity index is 2.12. The quantitative estimate of drug-likeness (QED) is 0.674. The van der Waals surface area contributed by atoms with Crippen molar-refractivity contribution in [2.45, 2.75) is 26.1 Å². The fraction of sp³-hybridized carbons (Fsp3) is 0.571. The van der Waals surface area contributed by atoms with Crippen molar-refractivity contribution >= 4 is 11.8 Å². The van der Waals surface area contributed by atoms with E-state index >= 15 is 0 Å². The molecule has 1 aromatic rings. The molecule has 1 aromatic carbocycles. The van der Waals surface area contributed by atoms with Gasteiger partial charge in [0.15, 0.2) is 0 Å². The zero-order chi connectivity index (χ0) is 13.2. The van der Waals surface area contributed by atoms with Crippen LogP contribution in [0.4, 0.5) is 0 Å². The van der Waals surface area contributed by atoms with E-state index in [0.717, 1.165) is 17.7 Å². The van der Waals surface area contributed by atoms with Crippen LogP contribution < -0.4 is 0 Å². The molecule has 0 radical (unpaired) electrons. The zero-order valence-electron chi connectivity index (χ0n) is 10.8. The maximum absolute atomic E-state index is 9.69. The minimum Gasteiger partial charge on any atom is -0.396 e. The Labute approximate surface area is 113 Å². The van der Waals surface area contributed by atoms with E-state index in [0.29, 0.717) is 19.0 Å². The van der Waals surface area contributed by atoms with E-state index in [1.807, 2.05) is 18.2 Å². The molecule has 0 bridgehead atoms. The number of ether oxygens (including phenoxy) is 1. The van der Waals surface area contributed by atoms with Crippen LogP contribution in [0.15, 0.2) is 24.3 Å². The molecule has 3 nitrogen and oxygen atoms in total. The van der Waals surface area contributed by atoms with Gasteiger partial charge in [0.25, 0.3) is 0 Å². The second-order valence-electron chi connectivity index (χ2n) is 4.25. The SMILES string of the molecule is Cc1ccccc1COCC(O)CSCCCO. The Hall–Kier alpha value is -0.550. The Bertz CT molecular complexity index is 331. The lowest BCUT2D eigenvalue weighted by Crippen LogP contribution is -2.18. The fourth-order valence-corrected chi connectivity index (χ4v) is 2.38. The first-order valence-electron chi connectivity index (χ1n) is 6.23. The third kappa shape index (κ3) is 6.40. The molecule has 0 spiro atoms. The molecule has 0 aromatic heterocycles. The first-order valence-corrected chi connectivity index (χ1v) is 7.38. The summed E-state index contributed by atoms with van der Waals surface area (Å²) in [6, 6.07) is 8.09. The van der Waals surface area contributed by atoms with Crippen LogP contribution in [0, 0.1) is 6.92 Å². The number of rotatable bonds is 9. The molecule has 1 unspecified atom stereocenters. The Morgan fingerprint density at radius 2 is 2.11 bits per heavy atom. The largest absolute Gasteiger partial charge is 0.396 e. The summed E-state index contributed by atoms with van der Waals surface area (Å²) in [5.41, 5.74) is 2.38. The monoisotopic (exact) mass is 270 g/mol. The van der Waals surface area contributed by atoms with Crippen LogP contribution in [0.5, 0.6) is 0 Å². The minimum atomic E-state index is -0.433. The Morgan fingerprint density at radius 3 is 2.83 bits per heavy atom. The lowest BCUT2D eigenvalue weighted by atomic mass is 10.1. The summed E-state index contributed by atoms with van der Waals surface area (Å²) < 4.78 is 5.51. The molecule has 0 heterocycles. The topological polar surface area (TPSA) is 49.7 Å². The van der Waals surface area contributed by atoms with Crippen LogP contribution in [0.2, 0.25) is 0 Å². The van der Waals surface area contributed by atoms with Crippen molar-refractivity contribution in [3.8, 4) is 0 Å². The molecular formula is C14H22O3S. The molecule has 0 aliphatic rings. The highest BCUT2D eigenvalue weighted by Gasteiger charge is 2.05. The van der Waals surface area contributed by atoms with Gasteiger partial charge in [0.05, 0.1) is 19.3 Å². The van der Waals surface area contributed by atoms with Crippen molar-refractivity contribution in [2.24, 2.45) is 0 Å². The van der Waals surface area contributed by atoms with Crippen molar-refractivity contribution in [2.75, 3.05) is 24.7 Å². The van der Waals surface area contributed by atoms with Crippen molar-refractivity contribution in [1.29, 1.82) is 0 Å². The number of thioether (sulfide) groups is 1. The third-order valence-electron chi connectivity index (χ3n) is 2.59. The highest BCUT2D eigenvalue weighted by atomic mass is 32.2. The van der Waals surface area contributed by atoms with Gasteiger partial charge in [-0.15, -0.1) is 0 Å². The second-order valence-corrected chi connectivity index (χ2v) is 5.40. The highest BCUT2D eigenvalue weighted by Crippen LogP contribution is 2.09. The number of aliphatic hydroxyl groups excluding tert-OH is 2. The molecule has 0 saturated heterocycles. The zero-order valence-corrected chi connectivity index (χ0v) is 11.7. The molecule has 2 N–H and O–H groups in total. The van der Waals surface area contributed by atoms with Crippen molar-refractivity contribution in [3.05, 3.63) is 35.4 Å². The average molecular weight is 270 g/mol. The molecule has 0 aliphatic carbocycles. The van der Waals surface area contributed by atoms with Crippen LogP contribution in [0.1, 0.15) is 17.5 Å². The van der Waals surface area contributed by atoms with Gasteiger partial charge in [-0.3, -0.25) is 0 Å². The molecule has 0 fully saturated rings. The summed E-state index contributed by atoms with van der Waals surface area (Å²) in [7, 11) is 0. The van der Waals surface area contributed by atoms with Crippen LogP contribution in [0.3, 0.4) is 0 Å².